The minimum Gasteiger partial charge on any atom is -0.494 e. The third kappa shape index (κ3) is 6.33. The molecule has 0 spiro atoms. The summed E-state index contributed by atoms with van der Waals surface area (Å²) in [6.07, 6.45) is 2.80. The normalized spacial score (nSPS) is 25.3. The predicted octanol–water partition coefficient (Wildman–Crippen LogP) is 3.00. The molecule has 30 heavy (non-hydrogen) atoms. The fourth-order valence-corrected chi connectivity index (χ4v) is 4.56. The number of hydrogen-bond donors (Lipinski definition) is 1. The Balaban J connectivity index is 1.59. The molecule has 2 saturated heterocycles. The molecule has 1 N–H and O–H groups in total. The summed E-state index contributed by atoms with van der Waals surface area (Å²) in [7, 11) is 0. The van der Waals surface area contributed by atoms with Gasteiger partial charge in [-0.2, -0.15) is 0 Å². The average molecular weight is 420 g/mol. The van der Waals surface area contributed by atoms with Crippen LogP contribution in [0, 0.1) is 0 Å². The van der Waals surface area contributed by atoms with E-state index in [-0.39, 0.29) is 18.1 Å². The van der Waals surface area contributed by atoms with Gasteiger partial charge in [0.15, 0.2) is 0 Å². The Morgan fingerprint density at radius 3 is 2.60 bits per heavy atom. The first-order valence-corrected chi connectivity index (χ1v) is 11.3. The van der Waals surface area contributed by atoms with Gasteiger partial charge >= 0.3 is 0 Å². The lowest BCUT2D eigenvalue weighted by Crippen LogP contribution is -2.50. The Bertz CT molecular complexity index is 689. The van der Waals surface area contributed by atoms with Crippen molar-refractivity contribution in [3.8, 4) is 11.5 Å². The van der Waals surface area contributed by atoms with Crippen LogP contribution in [-0.4, -0.2) is 79.9 Å². The molecular weight excluding hydrogens is 382 g/mol. The van der Waals surface area contributed by atoms with Gasteiger partial charge in [0.2, 0.25) is 5.91 Å². The van der Waals surface area contributed by atoms with Gasteiger partial charge in [-0.05, 0) is 59.2 Å². The minimum atomic E-state index is -0.0137. The molecule has 168 valence electrons. The SMILES string of the molecule is CCOc1ccc(OCC)c(NC(=O)CN2CCCC2CN2CC(C)OC(C)C2)c1. The van der Waals surface area contributed by atoms with Crippen LogP contribution in [0.15, 0.2) is 18.2 Å². The molecule has 2 aliphatic rings. The van der Waals surface area contributed by atoms with Crippen LogP contribution in [0.4, 0.5) is 5.69 Å². The number of anilines is 1. The van der Waals surface area contributed by atoms with Gasteiger partial charge in [-0.3, -0.25) is 14.6 Å². The number of carbonyl (C=O) groups is 1. The molecule has 3 rings (SSSR count). The molecule has 7 nitrogen and oxygen atoms in total. The van der Waals surface area contributed by atoms with E-state index in [4.69, 9.17) is 14.2 Å². The largest absolute Gasteiger partial charge is 0.494 e. The van der Waals surface area contributed by atoms with Crippen molar-refractivity contribution in [1.29, 1.82) is 0 Å². The van der Waals surface area contributed by atoms with E-state index in [1.165, 1.54) is 0 Å². The highest BCUT2D eigenvalue weighted by atomic mass is 16.5. The molecule has 0 radical (unpaired) electrons. The van der Waals surface area contributed by atoms with Crippen molar-refractivity contribution in [1.82, 2.24) is 9.80 Å². The molecular formula is C23H37N3O4. The van der Waals surface area contributed by atoms with E-state index in [1.807, 2.05) is 32.0 Å². The summed E-state index contributed by atoms with van der Waals surface area (Å²) in [5.74, 6) is 1.38. The molecule has 2 heterocycles. The second-order valence-electron chi connectivity index (χ2n) is 8.31. The molecule has 2 aliphatic heterocycles. The highest BCUT2D eigenvalue weighted by Crippen LogP contribution is 2.30. The van der Waals surface area contributed by atoms with E-state index in [2.05, 4.69) is 29.0 Å². The number of nitrogens with zero attached hydrogens (tertiary/aromatic N) is 2. The number of ether oxygens (including phenoxy) is 3. The first-order valence-electron chi connectivity index (χ1n) is 11.3. The monoisotopic (exact) mass is 419 g/mol. The van der Waals surface area contributed by atoms with Crippen LogP contribution >= 0.6 is 0 Å². The molecule has 7 heteroatoms. The second-order valence-corrected chi connectivity index (χ2v) is 8.31. The molecule has 0 bridgehead atoms. The summed E-state index contributed by atoms with van der Waals surface area (Å²) in [6.45, 7) is 13.5. The third-order valence-corrected chi connectivity index (χ3v) is 5.65. The maximum Gasteiger partial charge on any atom is 0.238 e. The summed E-state index contributed by atoms with van der Waals surface area (Å²) >= 11 is 0. The van der Waals surface area contributed by atoms with Gasteiger partial charge in [-0.1, -0.05) is 0 Å². The van der Waals surface area contributed by atoms with E-state index in [0.717, 1.165) is 44.8 Å². The van der Waals surface area contributed by atoms with E-state index in [1.54, 1.807) is 0 Å². The third-order valence-electron chi connectivity index (χ3n) is 5.65. The van der Waals surface area contributed by atoms with Crippen LogP contribution in [0.3, 0.4) is 0 Å². The summed E-state index contributed by atoms with van der Waals surface area (Å²) in [6, 6.07) is 5.97. The maximum atomic E-state index is 12.9. The number of likely N-dealkylation sites (tertiary alicyclic amines) is 1. The zero-order valence-corrected chi connectivity index (χ0v) is 18.9. The van der Waals surface area contributed by atoms with Gasteiger partial charge < -0.3 is 19.5 Å². The van der Waals surface area contributed by atoms with E-state index < -0.39 is 0 Å². The summed E-state index contributed by atoms with van der Waals surface area (Å²) in [5.41, 5.74) is 0.666. The topological polar surface area (TPSA) is 63.3 Å². The fourth-order valence-electron chi connectivity index (χ4n) is 4.56. The first kappa shape index (κ1) is 22.8. The average Bonchev–Trinajstić information content (AvgIpc) is 3.10. The molecule has 1 aromatic carbocycles. The number of nitrogens with one attached hydrogen (secondary N) is 1. The summed E-state index contributed by atoms with van der Waals surface area (Å²) in [5, 5.41) is 3.04. The Morgan fingerprint density at radius 2 is 1.90 bits per heavy atom. The van der Waals surface area contributed by atoms with Crippen molar-refractivity contribution in [2.75, 3.05) is 51.3 Å². The highest BCUT2D eigenvalue weighted by Gasteiger charge is 2.31. The molecule has 3 atom stereocenters. The zero-order valence-electron chi connectivity index (χ0n) is 18.9. The van der Waals surface area contributed by atoms with Crippen molar-refractivity contribution in [3.63, 3.8) is 0 Å². The lowest BCUT2D eigenvalue weighted by atomic mass is 10.1. The predicted molar refractivity (Wildman–Crippen MR) is 118 cm³/mol. The molecule has 1 amide bonds. The Morgan fingerprint density at radius 1 is 1.17 bits per heavy atom. The Labute approximate surface area is 180 Å². The number of rotatable bonds is 9. The number of amides is 1. The lowest BCUT2D eigenvalue weighted by molar-refractivity contribution is -0.117. The van der Waals surface area contributed by atoms with Crippen LogP contribution in [0.1, 0.15) is 40.5 Å². The van der Waals surface area contributed by atoms with E-state index in [0.29, 0.717) is 37.2 Å². The quantitative estimate of drug-likeness (QED) is 0.664. The first-order chi connectivity index (χ1) is 14.5. The van der Waals surface area contributed by atoms with Crippen molar-refractivity contribution >= 4 is 11.6 Å². The standard InChI is InChI=1S/C23H37N3O4/c1-5-28-20-9-10-22(29-6-2)21(12-20)24-23(27)16-26-11-7-8-19(26)15-25-13-17(3)30-18(4)14-25/h9-10,12,17-19H,5-8,11,13-16H2,1-4H3,(H,24,27). The molecule has 3 unspecified atom stereocenters. The van der Waals surface area contributed by atoms with Crippen molar-refractivity contribution in [2.24, 2.45) is 0 Å². The van der Waals surface area contributed by atoms with Crippen LogP contribution in [-0.2, 0) is 9.53 Å². The van der Waals surface area contributed by atoms with Gasteiger partial charge in [-0.15, -0.1) is 0 Å². The van der Waals surface area contributed by atoms with Crippen molar-refractivity contribution < 1.29 is 19.0 Å². The van der Waals surface area contributed by atoms with Gasteiger partial charge in [0.1, 0.15) is 11.5 Å². The number of morpholine rings is 1. The molecule has 0 aliphatic carbocycles. The zero-order chi connectivity index (χ0) is 21.5. The van der Waals surface area contributed by atoms with Crippen molar-refractivity contribution in [3.05, 3.63) is 18.2 Å². The summed E-state index contributed by atoms with van der Waals surface area (Å²) in [4.78, 5) is 17.7. The number of hydrogen-bond acceptors (Lipinski definition) is 6. The van der Waals surface area contributed by atoms with Crippen LogP contribution < -0.4 is 14.8 Å². The molecule has 2 fully saturated rings. The molecule has 0 saturated carbocycles. The van der Waals surface area contributed by atoms with E-state index >= 15 is 0 Å². The lowest BCUT2D eigenvalue weighted by Gasteiger charge is -2.38. The van der Waals surface area contributed by atoms with Crippen LogP contribution in [0.5, 0.6) is 11.5 Å². The van der Waals surface area contributed by atoms with Gasteiger partial charge in [0, 0.05) is 31.7 Å². The minimum absolute atomic E-state index is 0.0137. The second kappa shape index (κ2) is 11.0. The smallest absolute Gasteiger partial charge is 0.238 e. The van der Waals surface area contributed by atoms with Gasteiger partial charge in [0.25, 0.3) is 0 Å². The van der Waals surface area contributed by atoms with Gasteiger partial charge in [-0.25, -0.2) is 0 Å². The van der Waals surface area contributed by atoms with Crippen LogP contribution in [0.25, 0.3) is 0 Å². The molecule has 1 aromatic rings. The molecule has 0 aromatic heterocycles. The number of carbonyl (C=O) groups excluding carboxylic acids is 1. The number of benzene rings is 1. The van der Waals surface area contributed by atoms with E-state index in [9.17, 15) is 4.79 Å². The Kier molecular flexibility index (Phi) is 8.36. The highest BCUT2D eigenvalue weighted by molar-refractivity contribution is 5.94. The van der Waals surface area contributed by atoms with Crippen LogP contribution in [0.2, 0.25) is 0 Å². The summed E-state index contributed by atoms with van der Waals surface area (Å²) < 4.78 is 17.1. The van der Waals surface area contributed by atoms with Gasteiger partial charge in [0.05, 0.1) is 37.7 Å². The Hall–Kier alpha value is -1.83. The van der Waals surface area contributed by atoms with Crippen molar-refractivity contribution in [2.45, 2.75) is 58.8 Å². The maximum absolute atomic E-state index is 12.9. The fraction of sp³-hybridized carbons (Fsp3) is 0.696.